The minimum Gasteiger partial charge on any atom is -0.463 e. The first-order chi connectivity index (χ1) is 15.7. The Kier molecular flexibility index (Phi) is 6.14. The number of carbonyl (C=O) groups is 1. The molecule has 0 aliphatic heterocycles. The number of hydrogen-bond acceptors (Lipinski definition) is 4. The van der Waals surface area contributed by atoms with Crippen molar-refractivity contribution in [2.45, 2.75) is 40.0 Å². The number of aromatic amines is 1. The van der Waals surface area contributed by atoms with Crippen molar-refractivity contribution < 1.29 is 9.53 Å². The van der Waals surface area contributed by atoms with Gasteiger partial charge in [0.2, 0.25) is 0 Å². The molecule has 0 spiro atoms. The predicted molar refractivity (Wildman–Crippen MR) is 134 cm³/mol. The second-order valence-electron chi connectivity index (χ2n) is 9.15. The zero-order chi connectivity index (χ0) is 23.6. The van der Waals surface area contributed by atoms with E-state index in [1.165, 1.54) is 5.56 Å². The molecule has 5 nitrogen and oxygen atoms in total. The van der Waals surface area contributed by atoms with Crippen molar-refractivity contribution in [3.63, 3.8) is 0 Å². The number of carbonyl (C=O) groups excluding carboxylic acids is 1. The summed E-state index contributed by atoms with van der Waals surface area (Å²) in [6, 6.07) is 20.4. The number of hydrogen-bond donors (Lipinski definition) is 1. The van der Waals surface area contributed by atoms with E-state index in [1.807, 2.05) is 42.5 Å². The molecular weight excluding hydrogens is 410 g/mol. The highest BCUT2D eigenvalue weighted by Crippen LogP contribution is 2.27. The summed E-state index contributed by atoms with van der Waals surface area (Å²) < 4.78 is 5.06. The van der Waals surface area contributed by atoms with Gasteiger partial charge in [-0.3, -0.25) is 0 Å². The molecule has 0 atom stereocenters. The van der Waals surface area contributed by atoms with Crippen molar-refractivity contribution >= 4 is 23.1 Å². The molecule has 0 aliphatic rings. The fraction of sp³-hybridized carbons (Fsp3) is 0.250. The van der Waals surface area contributed by atoms with Crippen LogP contribution in [0.1, 0.15) is 45.7 Å². The summed E-state index contributed by atoms with van der Waals surface area (Å²) in [7, 11) is 0. The molecule has 5 heteroatoms. The number of imidazole rings is 1. The Morgan fingerprint density at radius 3 is 2.42 bits per heavy atom. The zero-order valence-electron chi connectivity index (χ0n) is 19.8. The third-order valence-electron chi connectivity index (χ3n) is 5.52. The van der Waals surface area contributed by atoms with Gasteiger partial charge in [0.1, 0.15) is 5.69 Å². The fourth-order valence-electron chi connectivity index (χ4n) is 3.66. The van der Waals surface area contributed by atoms with Crippen LogP contribution in [0.2, 0.25) is 0 Å². The molecule has 0 bridgehead atoms. The molecule has 0 saturated carbocycles. The topological polar surface area (TPSA) is 67.9 Å². The van der Waals surface area contributed by atoms with Gasteiger partial charge in [-0.1, -0.05) is 57.2 Å². The zero-order valence-corrected chi connectivity index (χ0v) is 19.8. The lowest BCUT2D eigenvalue weighted by Gasteiger charge is -2.19. The number of nitrogens with one attached hydrogen (secondary N) is 1. The average Bonchev–Trinajstić information content (AvgIpc) is 3.22. The van der Waals surface area contributed by atoms with Gasteiger partial charge in [-0.05, 0) is 60.7 Å². The number of pyridine rings is 1. The third-order valence-corrected chi connectivity index (χ3v) is 5.52. The Labute approximate surface area is 194 Å². The van der Waals surface area contributed by atoms with Crippen LogP contribution in [0.3, 0.4) is 0 Å². The lowest BCUT2D eigenvalue weighted by atomic mass is 9.86. The summed E-state index contributed by atoms with van der Waals surface area (Å²) in [5.41, 5.74) is 7.36. The summed E-state index contributed by atoms with van der Waals surface area (Å²) in [5.74, 6) is 0.404. The molecule has 0 amide bonds. The lowest BCUT2D eigenvalue weighted by Crippen LogP contribution is -2.10. The van der Waals surface area contributed by atoms with Crippen LogP contribution in [0, 0.1) is 0 Å². The molecule has 0 fully saturated rings. The van der Waals surface area contributed by atoms with Crippen LogP contribution in [0.25, 0.3) is 39.9 Å². The van der Waals surface area contributed by atoms with Gasteiger partial charge in [-0.25, -0.2) is 14.8 Å². The van der Waals surface area contributed by atoms with E-state index in [-0.39, 0.29) is 11.4 Å². The number of H-pyrrole nitrogens is 1. The molecule has 2 aromatic heterocycles. The first-order valence-electron chi connectivity index (χ1n) is 11.2. The first-order valence-corrected chi connectivity index (χ1v) is 11.2. The van der Waals surface area contributed by atoms with Gasteiger partial charge in [-0.2, -0.15) is 0 Å². The number of ether oxygens (including phenoxy) is 1. The maximum atomic E-state index is 11.9. The molecule has 33 heavy (non-hydrogen) atoms. The van der Waals surface area contributed by atoms with Crippen LogP contribution in [-0.2, 0) is 14.9 Å². The van der Waals surface area contributed by atoms with Crippen LogP contribution < -0.4 is 0 Å². The smallest absolute Gasteiger partial charge is 0.333 e. The Bertz CT molecular complexity index is 1330. The monoisotopic (exact) mass is 439 g/mol. The standard InChI is InChI=1S/C28H29N3O2/c1-6-33-27(32)18(2)16-19-10-15-23-25(17-19)31-26(30-23)24-9-7-8-22(29-24)20-11-13-21(14-12-20)28(3,4)5/h7-17H,6H2,1-5H3,(H,30,31)/b18-16+. The Balaban J connectivity index is 1.63. The van der Waals surface area contributed by atoms with Gasteiger partial charge in [0.05, 0.1) is 23.3 Å². The first kappa shape index (κ1) is 22.5. The molecule has 168 valence electrons. The van der Waals surface area contributed by atoms with Crippen LogP contribution in [-0.4, -0.2) is 27.5 Å². The van der Waals surface area contributed by atoms with Gasteiger partial charge in [0, 0.05) is 11.1 Å². The van der Waals surface area contributed by atoms with E-state index in [0.717, 1.165) is 33.5 Å². The molecule has 2 heterocycles. The SMILES string of the molecule is CCOC(=O)/C(C)=C/c1ccc2nc(-c3cccc(-c4ccc(C(C)(C)C)cc4)n3)[nH]c2c1. The highest BCUT2D eigenvalue weighted by Gasteiger charge is 2.14. The predicted octanol–water partition coefficient (Wildman–Crippen LogP) is 6.56. The van der Waals surface area contributed by atoms with E-state index < -0.39 is 0 Å². The van der Waals surface area contributed by atoms with Crippen molar-refractivity contribution in [2.24, 2.45) is 0 Å². The van der Waals surface area contributed by atoms with Crippen LogP contribution >= 0.6 is 0 Å². The van der Waals surface area contributed by atoms with Crippen LogP contribution in [0.15, 0.2) is 66.2 Å². The molecular formula is C28H29N3O2. The maximum absolute atomic E-state index is 11.9. The van der Waals surface area contributed by atoms with E-state index in [2.05, 4.69) is 50.0 Å². The Morgan fingerprint density at radius 2 is 1.73 bits per heavy atom. The van der Waals surface area contributed by atoms with Gasteiger partial charge in [-0.15, -0.1) is 0 Å². The molecule has 4 aromatic rings. The quantitative estimate of drug-likeness (QED) is 0.283. The molecule has 0 radical (unpaired) electrons. The van der Waals surface area contributed by atoms with Crippen LogP contribution in [0.4, 0.5) is 0 Å². The number of benzene rings is 2. The highest BCUT2D eigenvalue weighted by atomic mass is 16.5. The molecule has 0 saturated heterocycles. The van der Waals surface area contributed by atoms with Gasteiger partial charge >= 0.3 is 5.97 Å². The number of nitrogens with zero attached hydrogens (tertiary/aromatic N) is 2. The van der Waals surface area contributed by atoms with E-state index in [1.54, 1.807) is 13.8 Å². The second kappa shape index (κ2) is 9.02. The number of aromatic nitrogens is 3. The maximum Gasteiger partial charge on any atom is 0.333 e. The van der Waals surface area contributed by atoms with Crippen molar-refractivity contribution in [1.82, 2.24) is 15.0 Å². The minimum absolute atomic E-state index is 0.116. The summed E-state index contributed by atoms with van der Waals surface area (Å²) in [4.78, 5) is 24.8. The highest BCUT2D eigenvalue weighted by molar-refractivity contribution is 5.93. The largest absolute Gasteiger partial charge is 0.463 e. The molecule has 0 aliphatic carbocycles. The van der Waals surface area contributed by atoms with Crippen molar-refractivity contribution in [3.8, 4) is 22.8 Å². The van der Waals surface area contributed by atoms with E-state index in [9.17, 15) is 4.79 Å². The van der Waals surface area contributed by atoms with E-state index >= 15 is 0 Å². The fourth-order valence-corrected chi connectivity index (χ4v) is 3.66. The third kappa shape index (κ3) is 5.03. The van der Waals surface area contributed by atoms with E-state index in [4.69, 9.17) is 14.7 Å². The number of esters is 1. The summed E-state index contributed by atoms with van der Waals surface area (Å²) >= 11 is 0. The molecule has 0 unspecified atom stereocenters. The van der Waals surface area contributed by atoms with Crippen molar-refractivity contribution in [1.29, 1.82) is 0 Å². The summed E-state index contributed by atoms with van der Waals surface area (Å²) in [6.45, 7) is 10.5. The Morgan fingerprint density at radius 1 is 1.00 bits per heavy atom. The van der Waals surface area contributed by atoms with Gasteiger partial charge in [0.25, 0.3) is 0 Å². The van der Waals surface area contributed by atoms with Gasteiger partial charge < -0.3 is 9.72 Å². The van der Waals surface area contributed by atoms with Crippen molar-refractivity contribution in [2.75, 3.05) is 6.61 Å². The van der Waals surface area contributed by atoms with Gasteiger partial charge in [0.15, 0.2) is 5.82 Å². The summed E-state index contributed by atoms with van der Waals surface area (Å²) in [5, 5.41) is 0. The molecule has 4 rings (SSSR count). The second-order valence-corrected chi connectivity index (χ2v) is 9.15. The minimum atomic E-state index is -0.306. The number of rotatable bonds is 5. The normalized spacial score (nSPS) is 12.2. The molecule has 2 aromatic carbocycles. The summed E-state index contributed by atoms with van der Waals surface area (Å²) in [6.07, 6.45) is 1.82. The number of fused-ring (bicyclic) bond motifs is 1. The average molecular weight is 440 g/mol. The lowest BCUT2D eigenvalue weighted by molar-refractivity contribution is -0.138. The molecule has 1 N–H and O–H groups in total. The van der Waals surface area contributed by atoms with Crippen molar-refractivity contribution in [3.05, 3.63) is 77.4 Å². The van der Waals surface area contributed by atoms with Crippen LogP contribution in [0.5, 0.6) is 0 Å². The van der Waals surface area contributed by atoms with E-state index in [0.29, 0.717) is 18.0 Å². The Hall–Kier alpha value is -3.73.